The lowest BCUT2D eigenvalue weighted by Crippen LogP contribution is -2.39. The van der Waals surface area contributed by atoms with Gasteiger partial charge >= 0.3 is 7.82 Å². The normalized spacial score (nSPS) is 26.8. The summed E-state index contributed by atoms with van der Waals surface area (Å²) in [5.41, 5.74) is 0.122. The first-order valence-corrected chi connectivity index (χ1v) is 17.4. The third kappa shape index (κ3) is 7.64. The molecule has 2 aromatic heterocycles. The Labute approximate surface area is 243 Å². The van der Waals surface area contributed by atoms with E-state index in [0.29, 0.717) is 24.4 Å². The predicted molar refractivity (Wildman–Crippen MR) is 152 cm³/mol. The van der Waals surface area contributed by atoms with Gasteiger partial charge in [-0.3, -0.25) is 27.9 Å². The number of ether oxygens (including phenoxy) is 2. The summed E-state index contributed by atoms with van der Waals surface area (Å²) in [5.74, 6) is 0.234. The van der Waals surface area contributed by atoms with Crippen molar-refractivity contribution >= 4 is 51.7 Å². The Morgan fingerprint density at radius 1 is 1.32 bits per heavy atom. The van der Waals surface area contributed by atoms with Crippen LogP contribution in [0.2, 0.25) is 0 Å². The molecule has 0 aromatic carbocycles. The SMILES string of the molecule is CCCOCC(C)(C)C(=O)SCCOP1(=O)OCC2O[C@@H](n3cnc4c(N(C)NS(C)(=O)=O)ncnc43)[C@@H](C)[C@@H]2O1. The van der Waals surface area contributed by atoms with E-state index in [4.69, 9.17) is 23.0 Å². The number of hydrogen-bond donors (Lipinski definition) is 1. The van der Waals surface area contributed by atoms with Gasteiger partial charge in [-0.05, 0) is 20.3 Å². The molecule has 0 bridgehead atoms. The van der Waals surface area contributed by atoms with Crippen molar-refractivity contribution in [2.75, 3.05) is 50.5 Å². The summed E-state index contributed by atoms with van der Waals surface area (Å²) in [6.07, 6.45) is 3.02. The average molecular weight is 637 g/mol. The second kappa shape index (κ2) is 12.9. The van der Waals surface area contributed by atoms with Crippen LogP contribution in [0.15, 0.2) is 12.7 Å². The first-order chi connectivity index (χ1) is 19.2. The van der Waals surface area contributed by atoms with E-state index in [1.807, 2.05) is 27.7 Å². The molecule has 0 amide bonds. The number of nitrogens with one attached hydrogen (secondary N) is 1. The Hall–Kier alpha value is -1.69. The molecule has 2 aromatic rings. The molecule has 2 unspecified atom stereocenters. The van der Waals surface area contributed by atoms with Crippen LogP contribution in [0.25, 0.3) is 11.2 Å². The van der Waals surface area contributed by atoms with E-state index < -0.39 is 41.7 Å². The van der Waals surface area contributed by atoms with Gasteiger partial charge in [-0.1, -0.05) is 25.6 Å². The molecule has 15 nitrogen and oxygen atoms in total. The second-order valence-corrected chi connectivity index (χ2v) is 15.0. The molecule has 41 heavy (non-hydrogen) atoms. The van der Waals surface area contributed by atoms with Crippen LogP contribution in [0.4, 0.5) is 5.82 Å². The monoisotopic (exact) mass is 636 g/mol. The predicted octanol–water partition coefficient (Wildman–Crippen LogP) is 2.51. The van der Waals surface area contributed by atoms with Gasteiger partial charge in [0.15, 0.2) is 22.1 Å². The molecular weight excluding hydrogens is 599 g/mol. The molecule has 2 fully saturated rings. The number of thioether (sulfide) groups is 1. The van der Waals surface area contributed by atoms with Gasteiger partial charge in [0.2, 0.25) is 10.0 Å². The van der Waals surface area contributed by atoms with Gasteiger partial charge in [0.05, 0.1) is 37.8 Å². The lowest BCUT2D eigenvalue weighted by molar-refractivity contribution is -0.121. The molecule has 2 saturated heterocycles. The lowest BCUT2D eigenvalue weighted by atomic mass is 9.97. The highest BCUT2D eigenvalue weighted by atomic mass is 32.2. The fraction of sp³-hybridized carbons (Fsp3) is 0.739. The van der Waals surface area contributed by atoms with Crippen LogP contribution in [0.1, 0.15) is 40.3 Å². The number of aromatic nitrogens is 4. The van der Waals surface area contributed by atoms with Crippen LogP contribution >= 0.6 is 19.6 Å². The molecule has 5 atom stereocenters. The zero-order chi connectivity index (χ0) is 30.0. The maximum Gasteiger partial charge on any atom is 0.475 e. The smallest absolute Gasteiger partial charge is 0.380 e. The molecule has 2 aliphatic heterocycles. The van der Waals surface area contributed by atoms with E-state index in [9.17, 15) is 17.8 Å². The van der Waals surface area contributed by atoms with Crippen molar-refractivity contribution in [3.05, 3.63) is 12.7 Å². The highest BCUT2D eigenvalue weighted by Gasteiger charge is 2.52. The maximum absolute atomic E-state index is 13.2. The average Bonchev–Trinajstić information content (AvgIpc) is 3.46. The summed E-state index contributed by atoms with van der Waals surface area (Å²) >= 11 is 1.09. The largest absolute Gasteiger partial charge is 0.475 e. The third-order valence-electron chi connectivity index (χ3n) is 6.46. The number of phosphoric acid groups is 1. The van der Waals surface area contributed by atoms with Crippen LogP contribution in [0.3, 0.4) is 0 Å². The van der Waals surface area contributed by atoms with E-state index in [2.05, 4.69) is 19.8 Å². The molecule has 18 heteroatoms. The number of anilines is 1. The van der Waals surface area contributed by atoms with Gasteiger partial charge in [-0.15, -0.1) is 4.83 Å². The zero-order valence-corrected chi connectivity index (χ0v) is 26.4. The number of rotatable bonds is 13. The first kappa shape index (κ1) is 32.2. The van der Waals surface area contributed by atoms with Crippen LogP contribution in [-0.2, 0) is 42.4 Å². The number of carbonyl (C=O) groups excluding carboxylic acids is 1. The van der Waals surface area contributed by atoms with Crippen LogP contribution in [0, 0.1) is 11.3 Å². The number of fused-ring (bicyclic) bond motifs is 2. The van der Waals surface area contributed by atoms with Crippen LogP contribution in [0.5, 0.6) is 0 Å². The molecule has 4 rings (SSSR count). The van der Waals surface area contributed by atoms with Gasteiger partial charge in [-0.2, -0.15) is 0 Å². The van der Waals surface area contributed by atoms with Gasteiger partial charge in [0, 0.05) is 25.3 Å². The quantitative estimate of drug-likeness (QED) is 0.193. The number of phosphoric ester groups is 1. The third-order valence-corrected chi connectivity index (χ3v) is 9.72. The summed E-state index contributed by atoms with van der Waals surface area (Å²) in [6.45, 7) is 8.45. The molecule has 0 saturated carbocycles. The minimum absolute atomic E-state index is 0.00345. The minimum atomic E-state index is -3.89. The van der Waals surface area contributed by atoms with Crippen molar-refractivity contribution in [1.29, 1.82) is 0 Å². The van der Waals surface area contributed by atoms with Crippen molar-refractivity contribution < 1.29 is 40.8 Å². The van der Waals surface area contributed by atoms with Crippen molar-refractivity contribution in [2.45, 2.75) is 52.6 Å². The fourth-order valence-corrected chi connectivity index (χ4v) is 7.46. The van der Waals surface area contributed by atoms with Crippen LogP contribution < -0.4 is 9.84 Å². The van der Waals surface area contributed by atoms with E-state index in [0.717, 1.165) is 24.4 Å². The Morgan fingerprint density at radius 3 is 2.78 bits per heavy atom. The van der Waals surface area contributed by atoms with Crippen molar-refractivity contribution in [3.63, 3.8) is 0 Å². The standard InChI is InChI=1S/C23H37N6O9PS2/c1-7-8-34-12-23(3,4)22(30)40-10-9-35-39(31)36-11-16-18(38-39)15(2)21(37-16)29-14-26-17-19(24-13-25-20(17)29)28(5)27-41(6,32)33/h13-16,18,21,27H,7-12H2,1-6H3/t15-,16?,18-,21+,39?/m0/s1. The Morgan fingerprint density at radius 2 is 2.07 bits per heavy atom. The number of nitrogens with zero attached hydrogens (tertiary/aromatic N) is 5. The molecule has 2 aliphatic rings. The Bertz CT molecular complexity index is 1390. The topological polar surface area (TPSA) is 173 Å². The Balaban J connectivity index is 1.37. The summed E-state index contributed by atoms with van der Waals surface area (Å²) < 4.78 is 66.8. The summed E-state index contributed by atoms with van der Waals surface area (Å²) in [7, 11) is -5.93. The molecule has 230 valence electrons. The molecule has 0 radical (unpaired) electrons. The summed E-state index contributed by atoms with van der Waals surface area (Å²) in [6, 6.07) is 0. The number of hydrogen-bond acceptors (Lipinski definition) is 14. The number of sulfonamides is 1. The molecular formula is C23H37N6O9PS2. The molecule has 0 spiro atoms. The van der Waals surface area contributed by atoms with Gasteiger partial charge < -0.3 is 9.47 Å². The van der Waals surface area contributed by atoms with E-state index in [-0.39, 0.29) is 35.8 Å². The van der Waals surface area contributed by atoms with Crippen molar-refractivity contribution in [3.8, 4) is 0 Å². The highest BCUT2D eigenvalue weighted by molar-refractivity contribution is 8.13. The van der Waals surface area contributed by atoms with Gasteiger partial charge in [0.25, 0.3) is 0 Å². The lowest BCUT2D eigenvalue weighted by Gasteiger charge is -2.31. The maximum atomic E-state index is 13.2. The highest BCUT2D eigenvalue weighted by Crippen LogP contribution is 2.58. The van der Waals surface area contributed by atoms with Gasteiger partial charge in [0.1, 0.15) is 24.8 Å². The number of carbonyl (C=O) groups is 1. The fourth-order valence-electron chi connectivity index (χ4n) is 4.48. The van der Waals surface area contributed by atoms with Crippen LogP contribution in [-0.4, -0.2) is 90.7 Å². The van der Waals surface area contributed by atoms with E-state index in [1.165, 1.54) is 24.7 Å². The molecule has 4 heterocycles. The first-order valence-electron chi connectivity index (χ1n) is 13.1. The number of imidazole rings is 1. The summed E-state index contributed by atoms with van der Waals surface area (Å²) in [4.78, 5) is 27.8. The van der Waals surface area contributed by atoms with Crippen molar-refractivity contribution in [1.82, 2.24) is 24.4 Å². The molecule has 1 N–H and O–H groups in total. The Kier molecular flexibility index (Phi) is 10.1. The minimum Gasteiger partial charge on any atom is -0.380 e. The van der Waals surface area contributed by atoms with E-state index in [1.54, 1.807) is 4.57 Å². The summed E-state index contributed by atoms with van der Waals surface area (Å²) in [5, 5.41) is 1.20. The van der Waals surface area contributed by atoms with Gasteiger partial charge in [-0.25, -0.2) is 27.9 Å². The van der Waals surface area contributed by atoms with Crippen molar-refractivity contribution in [2.24, 2.45) is 11.3 Å². The second-order valence-electron chi connectivity index (χ2n) is 10.6. The zero-order valence-electron chi connectivity index (χ0n) is 23.9. The van der Waals surface area contributed by atoms with E-state index >= 15 is 0 Å². The number of hydrazine groups is 1. The molecule has 0 aliphatic carbocycles.